The maximum atomic E-state index is 6.72. The monoisotopic (exact) mass is 791 g/mol. The SMILES string of the molecule is c1ccc(-c2cccc(-c3nc(-c4ccccc4)nc(-c4cccc(-c5cccc(-c6ccc7c(c6)C6(c8ccccc8O7)c7ccccc7-c7ccccc76)c5)c4)n3)c2)cc1. The van der Waals surface area contributed by atoms with Gasteiger partial charge in [0.2, 0.25) is 0 Å². The van der Waals surface area contributed by atoms with Crippen LogP contribution in [-0.2, 0) is 5.41 Å². The molecular formula is C58H37N3O. The predicted octanol–water partition coefficient (Wildman–Crippen LogP) is 14.3. The van der Waals surface area contributed by atoms with Gasteiger partial charge in [0.15, 0.2) is 17.5 Å². The normalized spacial score (nSPS) is 12.8. The Bertz CT molecular complexity index is 3290. The highest BCUT2D eigenvalue weighted by Crippen LogP contribution is 2.62. The van der Waals surface area contributed by atoms with Gasteiger partial charge in [0, 0.05) is 27.8 Å². The lowest BCUT2D eigenvalue weighted by atomic mass is 9.66. The molecule has 0 bridgehead atoms. The van der Waals surface area contributed by atoms with E-state index >= 15 is 0 Å². The Morgan fingerprint density at radius 3 is 1.23 bits per heavy atom. The molecule has 1 aliphatic heterocycles. The minimum Gasteiger partial charge on any atom is -0.457 e. The van der Waals surface area contributed by atoms with Gasteiger partial charge in [-0.2, -0.15) is 0 Å². The molecule has 4 heteroatoms. The Labute approximate surface area is 360 Å². The van der Waals surface area contributed by atoms with Crippen LogP contribution in [0.5, 0.6) is 11.5 Å². The average molecular weight is 792 g/mol. The third-order valence-electron chi connectivity index (χ3n) is 12.4. The third-order valence-corrected chi connectivity index (χ3v) is 12.4. The highest BCUT2D eigenvalue weighted by atomic mass is 16.5. The van der Waals surface area contributed by atoms with Crippen molar-refractivity contribution in [3.63, 3.8) is 0 Å². The van der Waals surface area contributed by atoms with Crippen molar-refractivity contribution < 1.29 is 4.74 Å². The number of aromatic nitrogens is 3. The summed E-state index contributed by atoms with van der Waals surface area (Å²) in [5.74, 6) is 3.65. The van der Waals surface area contributed by atoms with Crippen LogP contribution in [0.25, 0.3) is 78.7 Å². The summed E-state index contributed by atoms with van der Waals surface area (Å²) >= 11 is 0. The van der Waals surface area contributed by atoms with E-state index in [1.165, 1.54) is 22.3 Å². The van der Waals surface area contributed by atoms with Crippen LogP contribution in [0.3, 0.4) is 0 Å². The van der Waals surface area contributed by atoms with E-state index in [1.54, 1.807) is 0 Å². The molecule has 10 aromatic rings. The molecule has 62 heavy (non-hydrogen) atoms. The number of benzene rings is 9. The molecule has 0 unspecified atom stereocenters. The molecular weight excluding hydrogens is 755 g/mol. The second kappa shape index (κ2) is 14.5. The Balaban J connectivity index is 0.955. The van der Waals surface area contributed by atoms with Gasteiger partial charge in [0.25, 0.3) is 0 Å². The summed E-state index contributed by atoms with van der Waals surface area (Å²) in [6.07, 6.45) is 0. The molecule has 4 nitrogen and oxygen atoms in total. The quantitative estimate of drug-likeness (QED) is 0.168. The second-order valence-electron chi connectivity index (χ2n) is 15.9. The minimum absolute atomic E-state index is 0.524. The van der Waals surface area contributed by atoms with Crippen LogP contribution in [0.15, 0.2) is 224 Å². The van der Waals surface area contributed by atoms with E-state index in [0.717, 1.165) is 72.7 Å². The number of hydrogen-bond acceptors (Lipinski definition) is 4. The first-order valence-electron chi connectivity index (χ1n) is 21.0. The van der Waals surface area contributed by atoms with E-state index in [1.807, 2.05) is 36.4 Å². The number of fused-ring (bicyclic) bond motifs is 9. The van der Waals surface area contributed by atoms with E-state index in [-0.39, 0.29) is 0 Å². The highest BCUT2D eigenvalue weighted by molar-refractivity contribution is 5.89. The van der Waals surface area contributed by atoms with Crippen molar-refractivity contribution in [2.75, 3.05) is 0 Å². The standard InChI is InChI=1S/C58H37N3O/c1-3-16-38(17-4-1)40-20-14-24-45(35-40)56-59-55(39-18-5-2-6-19-39)60-57(61-56)46-25-15-23-43(36-46)41-21-13-22-42(34-41)44-32-33-54-52(37-44)58(51-30-11-12-31-53(51)62-54)49-28-9-7-26-47(49)48-27-8-10-29-50(48)58/h1-37H. The Hall–Kier alpha value is -8.21. The first-order valence-corrected chi connectivity index (χ1v) is 21.0. The molecule has 1 spiro atoms. The summed E-state index contributed by atoms with van der Waals surface area (Å²) in [6, 6.07) is 79.2. The molecule has 1 aliphatic carbocycles. The summed E-state index contributed by atoms with van der Waals surface area (Å²) in [6.45, 7) is 0. The minimum atomic E-state index is -0.524. The number of nitrogens with zero attached hydrogens (tertiary/aromatic N) is 3. The molecule has 290 valence electrons. The van der Waals surface area contributed by atoms with Gasteiger partial charge in [-0.1, -0.05) is 188 Å². The zero-order chi connectivity index (χ0) is 41.0. The van der Waals surface area contributed by atoms with Gasteiger partial charge in [0.05, 0.1) is 5.41 Å². The molecule has 9 aromatic carbocycles. The van der Waals surface area contributed by atoms with Crippen molar-refractivity contribution >= 4 is 0 Å². The van der Waals surface area contributed by atoms with E-state index < -0.39 is 5.41 Å². The van der Waals surface area contributed by atoms with E-state index in [0.29, 0.717) is 17.5 Å². The van der Waals surface area contributed by atoms with Crippen LogP contribution < -0.4 is 4.74 Å². The molecule has 0 saturated carbocycles. The van der Waals surface area contributed by atoms with Gasteiger partial charge in [-0.3, -0.25) is 0 Å². The summed E-state index contributed by atoms with van der Waals surface area (Å²) in [4.78, 5) is 15.2. The molecule has 12 rings (SSSR count). The van der Waals surface area contributed by atoms with Crippen LogP contribution >= 0.6 is 0 Å². The Morgan fingerprint density at radius 2 is 0.645 bits per heavy atom. The summed E-state index contributed by atoms with van der Waals surface area (Å²) in [5, 5.41) is 0. The molecule has 2 heterocycles. The third kappa shape index (κ3) is 5.80. The van der Waals surface area contributed by atoms with Crippen LogP contribution in [0.1, 0.15) is 22.3 Å². The van der Waals surface area contributed by atoms with Crippen molar-refractivity contribution in [2.45, 2.75) is 5.41 Å². The Kier molecular flexibility index (Phi) is 8.36. The molecule has 0 fully saturated rings. The fraction of sp³-hybridized carbons (Fsp3) is 0.0172. The largest absolute Gasteiger partial charge is 0.457 e. The number of ether oxygens (including phenoxy) is 1. The molecule has 0 radical (unpaired) electrons. The van der Waals surface area contributed by atoms with Gasteiger partial charge in [-0.25, -0.2) is 15.0 Å². The molecule has 0 N–H and O–H groups in total. The van der Waals surface area contributed by atoms with Crippen LogP contribution in [0.2, 0.25) is 0 Å². The summed E-state index contributed by atoms with van der Waals surface area (Å²) < 4.78 is 6.72. The zero-order valence-electron chi connectivity index (χ0n) is 33.6. The van der Waals surface area contributed by atoms with Crippen LogP contribution in [-0.4, -0.2) is 15.0 Å². The van der Waals surface area contributed by atoms with E-state index in [2.05, 4.69) is 188 Å². The lowest BCUT2D eigenvalue weighted by molar-refractivity contribution is 0.436. The fourth-order valence-corrected chi connectivity index (χ4v) is 9.57. The summed E-state index contributed by atoms with van der Waals surface area (Å²) in [7, 11) is 0. The van der Waals surface area contributed by atoms with Gasteiger partial charge in [-0.05, 0) is 92.0 Å². The molecule has 0 amide bonds. The van der Waals surface area contributed by atoms with Crippen LogP contribution in [0.4, 0.5) is 0 Å². The zero-order valence-corrected chi connectivity index (χ0v) is 33.6. The van der Waals surface area contributed by atoms with Gasteiger partial charge in [0.1, 0.15) is 11.5 Å². The lowest BCUT2D eigenvalue weighted by Crippen LogP contribution is -2.32. The first-order chi connectivity index (χ1) is 30.7. The van der Waals surface area contributed by atoms with E-state index in [4.69, 9.17) is 19.7 Å². The molecule has 0 saturated heterocycles. The highest BCUT2D eigenvalue weighted by Gasteiger charge is 2.51. The lowest BCUT2D eigenvalue weighted by Gasteiger charge is -2.39. The summed E-state index contributed by atoms with van der Waals surface area (Å²) in [5.41, 5.74) is 16.3. The van der Waals surface area contributed by atoms with Gasteiger partial charge < -0.3 is 4.74 Å². The van der Waals surface area contributed by atoms with Crippen molar-refractivity contribution in [1.82, 2.24) is 15.0 Å². The van der Waals surface area contributed by atoms with Gasteiger partial charge in [-0.15, -0.1) is 0 Å². The molecule has 2 aliphatic rings. The van der Waals surface area contributed by atoms with Crippen LogP contribution in [0, 0.1) is 0 Å². The van der Waals surface area contributed by atoms with Crippen molar-refractivity contribution in [1.29, 1.82) is 0 Å². The number of rotatable bonds is 6. The fourth-order valence-electron chi connectivity index (χ4n) is 9.57. The van der Waals surface area contributed by atoms with Crippen molar-refractivity contribution in [2.24, 2.45) is 0 Å². The Morgan fingerprint density at radius 1 is 0.258 bits per heavy atom. The van der Waals surface area contributed by atoms with Crippen molar-refractivity contribution in [3.05, 3.63) is 247 Å². The number of para-hydroxylation sites is 1. The average Bonchev–Trinajstić information content (AvgIpc) is 3.65. The molecule has 1 aromatic heterocycles. The van der Waals surface area contributed by atoms with E-state index in [9.17, 15) is 0 Å². The second-order valence-corrected chi connectivity index (χ2v) is 15.9. The maximum absolute atomic E-state index is 6.72. The smallest absolute Gasteiger partial charge is 0.164 e. The number of hydrogen-bond donors (Lipinski definition) is 0. The topological polar surface area (TPSA) is 47.9 Å². The van der Waals surface area contributed by atoms with Gasteiger partial charge >= 0.3 is 0 Å². The predicted molar refractivity (Wildman–Crippen MR) is 250 cm³/mol. The maximum Gasteiger partial charge on any atom is 0.164 e. The van der Waals surface area contributed by atoms with Crippen molar-refractivity contribution in [3.8, 4) is 90.2 Å². The first kappa shape index (κ1) is 35.7. The molecule has 0 atom stereocenters.